The van der Waals surface area contributed by atoms with Crippen LogP contribution < -0.4 is 0 Å². The van der Waals surface area contributed by atoms with Gasteiger partial charge in [-0.3, -0.25) is 0 Å². The van der Waals surface area contributed by atoms with E-state index in [1.807, 2.05) is 6.92 Å². The molecule has 0 aliphatic rings. The van der Waals surface area contributed by atoms with E-state index in [1.54, 1.807) is 0 Å². The van der Waals surface area contributed by atoms with E-state index in [9.17, 15) is 0 Å². The molecule has 0 saturated carbocycles. The van der Waals surface area contributed by atoms with Gasteiger partial charge in [-0.15, -0.1) is 0 Å². The summed E-state index contributed by atoms with van der Waals surface area (Å²) in [4.78, 5) is 0. The Hall–Kier alpha value is -0.270. The molecular formula is C9H15P. The second-order valence-electron chi connectivity index (χ2n) is 2.19. The van der Waals surface area contributed by atoms with Gasteiger partial charge in [-0.05, 0) is 32.7 Å². The molecule has 0 aromatic rings. The Morgan fingerprint density at radius 2 is 1.90 bits per heavy atom. The van der Waals surface area contributed by atoms with Gasteiger partial charge >= 0.3 is 0 Å². The molecule has 10 heavy (non-hydrogen) atoms. The van der Waals surface area contributed by atoms with E-state index in [0.29, 0.717) is 0 Å². The maximum atomic E-state index is 3.73. The van der Waals surface area contributed by atoms with E-state index in [4.69, 9.17) is 0 Å². The first-order chi connectivity index (χ1) is 4.70. The molecule has 0 atom stereocenters. The zero-order chi connectivity index (χ0) is 7.98. The summed E-state index contributed by atoms with van der Waals surface area (Å²) in [6.07, 6.45) is 2.43. The minimum Gasteiger partial charge on any atom is -0.0877 e. The molecule has 0 N–H and O–H groups in total. The Labute approximate surface area is 65.5 Å². The molecule has 0 aromatic carbocycles. The largest absolute Gasteiger partial charge is 0.0877 e. The summed E-state index contributed by atoms with van der Waals surface area (Å²) in [5.41, 5.74) is 4.21. The van der Waals surface area contributed by atoms with Crippen LogP contribution in [-0.2, 0) is 0 Å². The first-order valence-corrected chi connectivity index (χ1v) is 5.34. The van der Waals surface area contributed by atoms with Crippen LogP contribution in [0.3, 0.4) is 0 Å². The molecule has 0 rings (SSSR count). The van der Waals surface area contributed by atoms with Gasteiger partial charge in [0, 0.05) is 0 Å². The molecule has 0 amide bonds. The van der Waals surface area contributed by atoms with Gasteiger partial charge in [0.05, 0.1) is 0 Å². The van der Waals surface area contributed by atoms with Crippen molar-refractivity contribution in [1.29, 1.82) is 0 Å². The Kier molecular flexibility index (Phi) is 5.36. The van der Waals surface area contributed by atoms with E-state index in [1.165, 1.54) is 12.3 Å². The van der Waals surface area contributed by atoms with E-state index in [-0.39, 0.29) is 7.92 Å². The second kappa shape index (κ2) is 5.51. The van der Waals surface area contributed by atoms with Crippen LogP contribution >= 0.6 is 7.92 Å². The Bertz CT molecular complexity index is 155. The smallest absolute Gasteiger partial charge is 0.00791 e. The maximum Gasteiger partial charge on any atom is -0.00791 e. The molecule has 0 radical (unpaired) electrons. The average molecular weight is 154 g/mol. The number of allylic oxidation sites excluding steroid dienone is 1. The summed E-state index contributed by atoms with van der Waals surface area (Å²) >= 11 is 0. The molecule has 0 aliphatic carbocycles. The lowest BCUT2D eigenvalue weighted by molar-refractivity contribution is 1.43. The highest BCUT2D eigenvalue weighted by Gasteiger charge is 1.94. The van der Waals surface area contributed by atoms with Crippen molar-refractivity contribution in [1.82, 2.24) is 0 Å². The third-order valence-electron chi connectivity index (χ3n) is 1.19. The van der Waals surface area contributed by atoms with Gasteiger partial charge in [0.25, 0.3) is 0 Å². The van der Waals surface area contributed by atoms with Gasteiger partial charge in [-0.2, -0.15) is 0 Å². The van der Waals surface area contributed by atoms with Crippen LogP contribution in [0.4, 0.5) is 0 Å². The summed E-state index contributed by atoms with van der Waals surface area (Å²) < 4.78 is 0. The van der Waals surface area contributed by atoms with E-state index in [0.717, 1.165) is 5.57 Å². The van der Waals surface area contributed by atoms with Crippen molar-refractivity contribution in [2.75, 3.05) is 12.3 Å². The van der Waals surface area contributed by atoms with Gasteiger partial charge in [0.2, 0.25) is 0 Å². The molecule has 0 aliphatic heterocycles. The normalized spacial score (nSPS) is 8.80. The summed E-state index contributed by atoms with van der Waals surface area (Å²) in [6, 6.07) is 0. The van der Waals surface area contributed by atoms with E-state index < -0.39 is 0 Å². The fraction of sp³-hybridized carbons (Fsp3) is 0.556. The molecule has 0 heterocycles. The van der Waals surface area contributed by atoms with Crippen LogP contribution in [0.5, 0.6) is 0 Å². The van der Waals surface area contributed by atoms with Gasteiger partial charge < -0.3 is 0 Å². The summed E-state index contributed by atoms with van der Waals surface area (Å²) in [6.45, 7) is 10.1. The SMILES string of the molecule is C=C(C)C#CP(CC)CC. The van der Waals surface area contributed by atoms with Crippen LogP contribution in [0.2, 0.25) is 0 Å². The van der Waals surface area contributed by atoms with Crippen molar-refractivity contribution in [3.05, 3.63) is 12.2 Å². The molecule has 1 heteroatoms. The highest BCUT2D eigenvalue weighted by Crippen LogP contribution is 2.31. The van der Waals surface area contributed by atoms with Crippen LogP contribution in [0.15, 0.2) is 12.2 Å². The first-order valence-electron chi connectivity index (χ1n) is 3.62. The zero-order valence-electron chi connectivity index (χ0n) is 7.07. The zero-order valence-corrected chi connectivity index (χ0v) is 7.96. The maximum absolute atomic E-state index is 3.73. The highest BCUT2D eigenvalue weighted by molar-refractivity contribution is 7.62. The van der Waals surface area contributed by atoms with Crippen molar-refractivity contribution < 1.29 is 0 Å². The molecular weight excluding hydrogens is 139 g/mol. The highest BCUT2D eigenvalue weighted by atomic mass is 31.1. The van der Waals surface area contributed by atoms with Crippen molar-refractivity contribution in [3.8, 4) is 11.6 Å². The van der Waals surface area contributed by atoms with Gasteiger partial charge in [0.15, 0.2) is 0 Å². The fourth-order valence-corrected chi connectivity index (χ4v) is 1.67. The van der Waals surface area contributed by atoms with Gasteiger partial charge in [-0.25, -0.2) is 0 Å². The molecule has 0 bridgehead atoms. The Balaban J connectivity index is 3.86. The predicted molar refractivity (Wildman–Crippen MR) is 50.6 cm³/mol. The van der Waals surface area contributed by atoms with Crippen molar-refractivity contribution in [2.45, 2.75) is 20.8 Å². The molecule has 0 aromatic heterocycles. The topological polar surface area (TPSA) is 0 Å². The minimum atomic E-state index is -0.0107. The van der Waals surface area contributed by atoms with Gasteiger partial charge in [-0.1, -0.05) is 32.0 Å². The third kappa shape index (κ3) is 4.59. The van der Waals surface area contributed by atoms with Crippen molar-refractivity contribution >= 4 is 7.92 Å². The summed E-state index contributed by atoms with van der Waals surface area (Å²) in [5, 5.41) is 0. The molecule has 0 nitrogen and oxygen atoms in total. The molecule has 0 saturated heterocycles. The Morgan fingerprint density at radius 3 is 2.20 bits per heavy atom. The second-order valence-corrected chi connectivity index (χ2v) is 4.76. The average Bonchev–Trinajstić information content (AvgIpc) is 1.90. The minimum absolute atomic E-state index is 0.0107. The van der Waals surface area contributed by atoms with E-state index in [2.05, 4.69) is 32.0 Å². The number of hydrogen-bond donors (Lipinski definition) is 0. The monoisotopic (exact) mass is 154 g/mol. The third-order valence-corrected chi connectivity index (χ3v) is 3.15. The molecule has 0 spiro atoms. The lowest BCUT2D eigenvalue weighted by atomic mass is 10.4. The fourth-order valence-electron chi connectivity index (χ4n) is 0.556. The number of hydrogen-bond acceptors (Lipinski definition) is 0. The lowest BCUT2D eigenvalue weighted by Gasteiger charge is -2.00. The summed E-state index contributed by atoms with van der Waals surface area (Å²) in [7, 11) is -0.0107. The molecule has 56 valence electrons. The van der Waals surface area contributed by atoms with Gasteiger partial charge in [0.1, 0.15) is 0 Å². The van der Waals surface area contributed by atoms with Crippen LogP contribution in [0, 0.1) is 11.6 Å². The van der Waals surface area contributed by atoms with Crippen molar-refractivity contribution in [2.24, 2.45) is 0 Å². The molecule has 0 unspecified atom stereocenters. The van der Waals surface area contributed by atoms with Crippen LogP contribution in [0.25, 0.3) is 0 Å². The number of rotatable bonds is 2. The van der Waals surface area contributed by atoms with Crippen molar-refractivity contribution in [3.63, 3.8) is 0 Å². The lowest BCUT2D eigenvalue weighted by Crippen LogP contribution is -1.77. The standard InChI is InChI=1S/C9H15P/c1-5-10(6-2)8-7-9(3)4/h3,5-6H2,1-2,4H3. The molecule has 0 fully saturated rings. The first kappa shape index (κ1) is 9.73. The van der Waals surface area contributed by atoms with E-state index >= 15 is 0 Å². The quantitative estimate of drug-likeness (QED) is 0.423. The van der Waals surface area contributed by atoms with Crippen LogP contribution in [-0.4, -0.2) is 12.3 Å². The predicted octanol–water partition coefficient (Wildman–Crippen LogP) is 3.05. The summed E-state index contributed by atoms with van der Waals surface area (Å²) in [5.74, 6) is 3.03. The van der Waals surface area contributed by atoms with Crippen LogP contribution in [0.1, 0.15) is 20.8 Å². The Morgan fingerprint density at radius 1 is 1.40 bits per heavy atom.